The topological polar surface area (TPSA) is 81.4 Å². The second kappa shape index (κ2) is 8.24. The zero-order valence-electron chi connectivity index (χ0n) is 14.2. The number of benzene rings is 2. The van der Waals surface area contributed by atoms with Crippen molar-refractivity contribution in [2.75, 3.05) is 11.9 Å². The lowest BCUT2D eigenvalue weighted by Crippen LogP contribution is -2.21. The molecule has 0 aliphatic rings. The molecule has 6 nitrogen and oxygen atoms in total. The Balaban J connectivity index is 1.72. The molecule has 0 radical (unpaired) electrons. The highest BCUT2D eigenvalue weighted by molar-refractivity contribution is 6.34. The minimum absolute atomic E-state index is 0.119. The van der Waals surface area contributed by atoms with Crippen molar-refractivity contribution in [3.63, 3.8) is 0 Å². The third kappa shape index (κ3) is 4.30. The van der Waals surface area contributed by atoms with Gasteiger partial charge in [0.1, 0.15) is 17.0 Å². The zero-order chi connectivity index (χ0) is 19.4. The molecular weight excluding hydrogens is 391 g/mol. The van der Waals surface area contributed by atoms with E-state index in [4.69, 9.17) is 32.5 Å². The molecule has 1 N–H and O–H groups in total. The second-order valence-corrected chi connectivity index (χ2v) is 6.36. The monoisotopic (exact) mass is 404 g/mol. The average Bonchev–Trinajstić information content (AvgIpc) is 3.03. The van der Waals surface area contributed by atoms with Crippen LogP contribution in [-0.2, 0) is 9.53 Å². The largest absolute Gasteiger partial charge is 0.452 e. The van der Waals surface area contributed by atoms with Crippen LogP contribution in [0.1, 0.15) is 16.1 Å². The van der Waals surface area contributed by atoms with Crippen LogP contribution in [-0.4, -0.2) is 23.6 Å². The SMILES string of the molecule is Cc1onc(-c2ccccc2Cl)c1C(=O)OCC(=O)Nc1ccccc1Cl. The fraction of sp³-hybridized carbons (Fsp3) is 0.105. The minimum atomic E-state index is -0.738. The van der Waals surface area contributed by atoms with Gasteiger partial charge in [-0.1, -0.05) is 58.7 Å². The molecule has 27 heavy (non-hydrogen) atoms. The van der Waals surface area contributed by atoms with Crippen molar-refractivity contribution in [1.29, 1.82) is 0 Å². The number of nitrogens with zero attached hydrogens (tertiary/aromatic N) is 1. The Bertz CT molecular complexity index is 1000. The molecule has 3 rings (SSSR count). The van der Waals surface area contributed by atoms with Crippen LogP contribution in [0.3, 0.4) is 0 Å². The van der Waals surface area contributed by atoms with Gasteiger partial charge < -0.3 is 14.6 Å². The fourth-order valence-electron chi connectivity index (χ4n) is 2.40. The molecule has 0 spiro atoms. The summed E-state index contributed by atoms with van der Waals surface area (Å²) in [6.07, 6.45) is 0. The Morgan fingerprint density at radius 1 is 1.07 bits per heavy atom. The van der Waals surface area contributed by atoms with Crippen molar-refractivity contribution in [3.8, 4) is 11.3 Å². The highest BCUT2D eigenvalue weighted by atomic mass is 35.5. The highest BCUT2D eigenvalue weighted by Gasteiger charge is 2.25. The molecule has 0 aliphatic heterocycles. The van der Waals surface area contributed by atoms with E-state index in [9.17, 15) is 9.59 Å². The lowest BCUT2D eigenvalue weighted by atomic mass is 10.1. The van der Waals surface area contributed by atoms with Gasteiger partial charge in [-0.3, -0.25) is 4.79 Å². The van der Waals surface area contributed by atoms with E-state index in [1.165, 1.54) is 0 Å². The number of hydrogen-bond donors (Lipinski definition) is 1. The van der Waals surface area contributed by atoms with Crippen molar-refractivity contribution in [1.82, 2.24) is 5.16 Å². The Kier molecular flexibility index (Phi) is 5.78. The number of amides is 1. The predicted octanol–water partition coefficient (Wildman–Crippen LogP) is 4.75. The van der Waals surface area contributed by atoms with Crippen molar-refractivity contribution >= 4 is 40.8 Å². The molecule has 1 aromatic heterocycles. The number of para-hydroxylation sites is 1. The molecule has 0 saturated heterocycles. The second-order valence-electron chi connectivity index (χ2n) is 5.55. The Morgan fingerprint density at radius 3 is 2.44 bits per heavy atom. The Hall–Kier alpha value is -2.83. The van der Waals surface area contributed by atoms with Gasteiger partial charge in [-0.25, -0.2) is 4.79 Å². The minimum Gasteiger partial charge on any atom is -0.452 e. The van der Waals surface area contributed by atoms with E-state index in [2.05, 4.69) is 10.5 Å². The van der Waals surface area contributed by atoms with Crippen LogP contribution >= 0.6 is 23.2 Å². The van der Waals surface area contributed by atoms with Crippen LogP contribution in [0.15, 0.2) is 53.1 Å². The maximum atomic E-state index is 12.5. The molecule has 1 amide bonds. The maximum Gasteiger partial charge on any atom is 0.344 e. The number of hydrogen-bond acceptors (Lipinski definition) is 5. The van der Waals surface area contributed by atoms with Crippen LogP contribution in [0.5, 0.6) is 0 Å². The van der Waals surface area contributed by atoms with E-state index in [-0.39, 0.29) is 17.0 Å². The summed E-state index contributed by atoms with van der Waals surface area (Å²) < 4.78 is 10.2. The smallest absolute Gasteiger partial charge is 0.344 e. The molecule has 8 heteroatoms. The Morgan fingerprint density at radius 2 is 1.74 bits per heavy atom. The predicted molar refractivity (Wildman–Crippen MR) is 102 cm³/mol. The standard InChI is InChI=1S/C19H14Cl2N2O4/c1-11-17(18(23-27-11)12-6-2-3-7-13(12)20)19(25)26-10-16(24)22-15-9-5-4-8-14(15)21/h2-9H,10H2,1H3,(H,22,24). The number of halogens is 2. The van der Waals surface area contributed by atoms with E-state index < -0.39 is 18.5 Å². The lowest BCUT2D eigenvalue weighted by molar-refractivity contribution is -0.119. The van der Waals surface area contributed by atoms with E-state index in [1.807, 2.05) is 0 Å². The van der Waals surface area contributed by atoms with Crippen LogP contribution in [0.25, 0.3) is 11.3 Å². The normalized spacial score (nSPS) is 10.5. The first-order chi connectivity index (χ1) is 13.0. The van der Waals surface area contributed by atoms with E-state index in [1.54, 1.807) is 55.5 Å². The quantitative estimate of drug-likeness (QED) is 0.620. The lowest BCUT2D eigenvalue weighted by Gasteiger charge is -2.08. The summed E-state index contributed by atoms with van der Waals surface area (Å²) in [4.78, 5) is 24.5. The maximum absolute atomic E-state index is 12.5. The number of aromatic nitrogens is 1. The van der Waals surface area contributed by atoms with Gasteiger partial charge in [-0.05, 0) is 25.1 Å². The molecule has 0 aliphatic carbocycles. The molecule has 2 aromatic carbocycles. The summed E-state index contributed by atoms with van der Waals surface area (Å²) in [5, 5.41) is 7.26. The van der Waals surface area contributed by atoms with Gasteiger partial charge in [-0.15, -0.1) is 0 Å². The summed E-state index contributed by atoms with van der Waals surface area (Å²) in [6, 6.07) is 13.6. The number of carbonyl (C=O) groups is 2. The summed E-state index contributed by atoms with van der Waals surface area (Å²) in [7, 11) is 0. The molecule has 0 unspecified atom stereocenters. The molecule has 1 heterocycles. The number of anilines is 1. The number of nitrogens with one attached hydrogen (secondary N) is 1. The number of esters is 1. The number of rotatable bonds is 5. The first kappa shape index (κ1) is 18.9. The molecule has 0 saturated carbocycles. The third-order valence-corrected chi connectivity index (χ3v) is 4.34. The first-order valence-corrected chi connectivity index (χ1v) is 8.65. The third-order valence-electron chi connectivity index (χ3n) is 3.68. The van der Waals surface area contributed by atoms with Crippen LogP contribution < -0.4 is 5.32 Å². The van der Waals surface area contributed by atoms with Crippen molar-refractivity contribution in [3.05, 3.63) is 69.9 Å². The van der Waals surface area contributed by atoms with Crippen LogP contribution in [0.4, 0.5) is 5.69 Å². The Labute approximate surface area is 165 Å². The fourth-order valence-corrected chi connectivity index (χ4v) is 2.81. The van der Waals surface area contributed by atoms with Gasteiger partial charge in [0.15, 0.2) is 6.61 Å². The van der Waals surface area contributed by atoms with Gasteiger partial charge in [0.05, 0.1) is 15.7 Å². The van der Waals surface area contributed by atoms with E-state index in [0.717, 1.165) is 0 Å². The number of carbonyl (C=O) groups excluding carboxylic acids is 2. The van der Waals surface area contributed by atoms with Crippen molar-refractivity contribution in [2.45, 2.75) is 6.92 Å². The first-order valence-electron chi connectivity index (χ1n) is 7.90. The molecule has 138 valence electrons. The van der Waals surface area contributed by atoms with Gasteiger partial charge in [0.25, 0.3) is 5.91 Å². The van der Waals surface area contributed by atoms with Gasteiger partial charge in [0, 0.05) is 5.56 Å². The summed E-state index contributed by atoms with van der Waals surface area (Å²) in [6.45, 7) is 1.09. The highest BCUT2D eigenvalue weighted by Crippen LogP contribution is 2.31. The molecule has 0 bridgehead atoms. The van der Waals surface area contributed by atoms with Gasteiger partial charge in [-0.2, -0.15) is 0 Å². The average molecular weight is 405 g/mol. The van der Waals surface area contributed by atoms with Gasteiger partial charge in [0.2, 0.25) is 0 Å². The van der Waals surface area contributed by atoms with Crippen LogP contribution in [0, 0.1) is 6.92 Å². The molecule has 3 aromatic rings. The van der Waals surface area contributed by atoms with E-state index in [0.29, 0.717) is 21.3 Å². The summed E-state index contributed by atoms with van der Waals surface area (Å²) in [5.41, 5.74) is 1.34. The molecule has 0 atom stereocenters. The molecule has 0 fully saturated rings. The van der Waals surface area contributed by atoms with E-state index >= 15 is 0 Å². The molecular formula is C19H14Cl2N2O4. The van der Waals surface area contributed by atoms with Gasteiger partial charge >= 0.3 is 5.97 Å². The van der Waals surface area contributed by atoms with Crippen molar-refractivity contribution in [2.24, 2.45) is 0 Å². The number of ether oxygens (including phenoxy) is 1. The van der Waals surface area contributed by atoms with Crippen molar-refractivity contribution < 1.29 is 18.8 Å². The summed E-state index contributed by atoms with van der Waals surface area (Å²) in [5.74, 6) is -0.996. The number of aryl methyl sites for hydroxylation is 1. The summed E-state index contributed by atoms with van der Waals surface area (Å²) >= 11 is 12.1. The zero-order valence-corrected chi connectivity index (χ0v) is 15.7. The van der Waals surface area contributed by atoms with Crippen LogP contribution in [0.2, 0.25) is 10.0 Å².